The molecule has 2 unspecified atom stereocenters. The van der Waals surface area contributed by atoms with Crippen molar-refractivity contribution in [2.24, 2.45) is 11.8 Å². The van der Waals surface area contributed by atoms with E-state index in [-0.39, 0.29) is 29.4 Å². The van der Waals surface area contributed by atoms with Crippen LogP contribution in [-0.4, -0.2) is 60.6 Å². The molecule has 0 radical (unpaired) electrons. The van der Waals surface area contributed by atoms with E-state index in [9.17, 15) is 14.4 Å². The van der Waals surface area contributed by atoms with Crippen molar-refractivity contribution in [2.45, 2.75) is 13.3 Å². The Bertz CT molecular complexity index is 665. The third kappa shape index (κ3) is 3.64. The highest BCUT2D eigenvalue weighted by atomic mass is 16.2. The fourth-order valence-electron chi connectivity index (χ4n) is 3.07. The highest BCUT2D eigenvalue weighted by Gasteiger charge is 2.49. The molecule has 0 spiro atoms. The number of nitrogens with zero attached hydrogens (tertiary/aromatic N) is 2. The number of benzene rings is 1. The lowest BCUT2D eigenvalue weighted by atomic mass is 10.1. The summed E-state index contributed by atoms with van der Waals surface area (Å²) in [6.07, 6.45) is 0.614. The maximum Gasteiger partial charge on any atom is 0.228 e. The number of hydrogen-bond acceptors (Lipinski definition) is 4. The number of ketones is 1. The minimum Gasteiger partial charge on any atom is -0.340 e. The summed E-state index contributed by atoms with van der Waals surface area (Å²) in [5, 5.41) is 2.82. The summed E-state index contributed by atoms with van der Waals surface area (Å²) in [5.74, 6) is -0.521. The van der Waals surface area contributed by atoms with E-state index in [2.05, 4.69) is 10.2 Å². The van der Waals surface area contributed by atoms with E-state index in [4.69, 9.17) is 0 Å². The molecular weight excluding hydrogens is 306 g/mol. The average molecular weight is 329 g/mol. The molecule has 1 aliphatic carbocycles. The molecular formula is C18H23N3O3. The topological polar surface area (TPSA) is 69.7 Å². The van der Waals surface area contributed by atoms with Crippen LogP contribution in [0.4, 0.5) is 5.69 Å². The van der Waals surface area contributed by atoms with Crippen molar-refractivity contribution in [1.29, 1.82) is 0 Å². The fourth-order valence-corrected chi connectivity index (χ4v) is 3.07. The van der Waals surface area contributed by atoms with E-state index in [1.165, 1.54) is 6.92 Å². The zero-order chi connectivity index (χ0) is 17.3. The predicted octanol–water partition coefficient (Wildman–Crippen LogP) is 1.24. The second-order valence-corrected chi connectivity index (χ2v) is 6.70. The van der Waals surface area contributed by atoms with E-state index in [0.29, 0.717) is 17.7 Å². The van der Waals surface area contributed by atoms with Crippen LogP contribution in [0.3, 0.4) is 0 Å². The zero-order valence-corrected chi connectivity index (χ0v) is 14.1. The molecule has 128 valence electrons. The Hall–Kier alpha value is -2.21. The van der Waals surface area contributed by atoms with Crippen LogP contribution in [-0.2, 0) is 9.59 Å². The maximum atomic E-state index is 12.5. The molecule has 1 aliphatic heterocycles. The summed E-state index contributed by atoms with van der Waals surface area (Å²) in [7, 11) is 2.05. The maximum absolute atomic E-state index is 12.5. The van der Waals surface area contributed by atoms with Crippen LogP contribution in [0.1, 0.15) is 23.7 Å². The van der Waals surface area contributed by atoms with Gasteiger partial charge in [0.2, 0.25) is 11.8 Å². The number of Topliss-reactive ketones (excluding diaryl/α,β-unsaturated/α-hetero) is 1. The van der Waals surface area contributed by atoms with Crippen molar-refractivity contribution >= 4 is 23.3 Å². The predicted molar refractivity (Wildman–Crippen MR) is 90.8 cm³/mol. The van der Waals surface area contributed by atoms with Gasteiger partial charge in [0.15, 0.2) is 5.78 Å². The van der Waals surface area contributed by atoms with Gasteiger partial charge in [0, 0.05) is 37.4 Å². The largest absolute Gasteiger partial charge is 0.340 e. The Labute approximate surface area is 141 Å². The molecule has 6 nitrogen and oxygen atoms in total. The van der Waals surface area contributed by atoms with E-state index >= 15 is 0 Å². The molecule has 6 heteroatoms. The summed E-state index contributed by atoms with van der Waals surface area (Å²) in [6, 6.07) is 6.88. The number of rotatable bonds is 4. The van der Waals surface area contributed by atoms with E-state index < -0.39 is 0 Å². The molecule has 1 heterocycles. The van der Waals surface area contributed by atoms with Crippen LogP contribution < -0.4 is 5.32 Å². The quantitative estimate of drug-likeness (QED) is 0.844. The van der Waals surface area contributed by atoms with Gasteiger partial charge in [-0.1, -0.05) is 12.1 Å². The van der Waals surface area contributed by atoms with Gasteiger partial charge in [0.05, 0.1) is 11.8 Å². The Kier molecular flexibility index (Phi) is 4.66. The minimum absolute atomic E-state index is 0.0411. The number of amides is 2. The molecule has 24 heavy (non-hydrogen) atoms. The molecule has 2 amide bonds. The normalized spacial score (nSPS) is 23.7. The average Bonchev–Trinajstić information content (AvgIpc) is 3.36. The molecule has 0 aromatic heterocycles. The standard InChI is InChI=1S/C18H23N3O3/c1-12(22)13-4-3-5-14(10-13)19-17(23)15-11-16(15)18(24)21-8-6-20(2)7-9-21/h3-5,10,15-16H,6-9,11H2,1-2H3,(H,19,23). The van der Waals surface area contributed by atoms with Crippen molar-refractivity contribution in [1.82, 2.24) is 9.80 Å². The second kappa shape index (κ2) is 6.73. The number of likely N-dealkylation sites (N-methyl/N-ethyl adjacent to an activating group) is 1. The summed E-state index contributed by atoms with van der Waals surface area (Å²) < 4.78 is 0. The molecule has 3 rings (SSSR count). The summed E-state index contributed by atoms with van der Waals surface area (Å²) >= 11 is 0. The van der Waals surface area contributed by atoms with Crippen LogP contribution in [0.15, 0.2) is 24.3 Å². The van der Waals surface area contributed by atoms with Gasteiger partial charge >= 0.3 is 0 Å². The zero-order valence-electron chi connectivity index (χ0n) is 14.1. The number of carbonyl (C=O) groups is 3. The summed E-state index contributed by atoms with van der Waals surface area (Å²) in [5.41, 5.74) is 1.17. The smallest absolute Gasteiger partial charge is 0.228 e. The molecule has 1 saturated carbocycles. The molecule has 0 bridgehead atoms. The van der Waals surface area contributed by atoms with Crippen molar-refractivity contribution in [3.63, 3.8) is 0 Å². The first kappa shape index (κ1) is 16.6. The Balaban J connectivity index is 1.55. The van der Waals surface area contributed by atoms with E-state index in [1.54, 1.807) is 24.3 Å². The van der Waals surface area contributed by atoms with Gasteiger partial charge in [-0.15, -0.1) is 0 Å². The van der Waals surface area contributed by atoms with Crippen LogP contribution in [0.25, 0.3) is 0 Å². The Morgan fingerprint density at radius 3 is 2.46 bits per heavy atom. The van der Waals surface area contributed by atoms with Crippen molar-refractivity contribution in [2.75, 3.05) is 38.5 Å². The number of nitrogens with one attached hydrogen (secondary N) is 1. The molecule has 1 aromatic carbocycles. The van der Waals surface area contributed by atoms with Gasteiger partial charge in [-0.3, -0.25) is 14.4 Å². The van der Waals surface area contributed by atoms with Crippen LogP contribution >= 0.6 is 0 Å². The number of anilines is 1. The SMILES string of the molecule is CC(=O)c1cccc(NC(=O)C2CC2C(=O)N2CCN(C)CC2)c1. The van der Waals surface area contributed by atoms with Gasteiger partial charge in [0.25, 0.3) is 0 Å². The van der Waals surface area contributed by atoms with Gasteiger partial charge < -0.3 is 15.1 Å². The molecule has 2 aliphatic rings. The van der Waals surface area contributed by atoms with Crippen LogP contribution in [0.5, 0.6) is 0 Å². The summed E-state index contributed by atoms with van der Waals surface area (Å²) in [4.78, 5) is 40.3. The molecule has 2 fully saturated rings. The van der Waals surface area contributed by atoms with Crippen molar-refractivity contribution in [3.8, 4) is 0 Å². The lowest BCUT2D eigenvalue weighted by Crippen LogP contribution is -2.48. The second-order valence-electron chi connectivity index (χ2n) is 6.70. The van der Waals surface area contributed by atoms with Crippen LogP contribution in [0, 0.1) is 11.8 Å². The Morgan fingerprint density at radius 1 is 1.08 bits per heavy atom. The van der Waals surface area contributed by atoms with Gasteiger partial charge in [-0.2, -0.15) is 0 Å². The third-order valence-corrected chi connectivity index (χ3v) is 4.80. The molecule has 2 atom stereocenters. The minimum atomic E-state index is -0.252. The number of carbonyl (C=O) groups excluding carboxylic acids is 3. The van der Waals surface area contributed by atoms with Crippen LogP contribution in [0.2, 0.25) is 0 Å². The van der Waals surface area contributed by atoms with Gasteiger partial charge in [-0.05, 0) is 32.5 Å². The molecule has 1 N–H and O–H groups in total. The van der Waals surface area contributed by atoms with E-state index in [0.717, 1.165) is 26.2 Å². The number of piperazine rings is 1. The Morgan fingerprint density at radius 2 is 1.79 bits per heavy atom. The first-order valence-corrected chi connectivity index (χ1v) is 8.35. The van der Waals surface area contributed by atoms with Crippen molar-refractivity contribution < 1.29 is 14.4 Å². The first-order chi connectivity index (χ1) is 11.5. The van der Waals surface area contributed by atoms with Crippen molar-refractivity contribution in [3.05, 3.63) is 29.8 Å². The first-order valence-electron chi connectivity index (χ1n) is 8.35. The lowest BCUT2D eigenvalue weighted by molar-refractivity contribution is -0.135. The monoisotopic (exact) mass is 329 g/mol. The van der Waals surface area contributed by atoms with Gasteiger partial charge in [-0.25, -0.2) is 0 Å². The fraction of sp³-hybridized carbons (Fsp3) is 0.500. The number of hydrogen-bond donors (Lipinski definition) is 1. The molecule has 1 aromatic rings. The highest BCUT2D eigenvalue weighted by Crippen LogP contribution is 2.41. The molecule has 1 saturated heterocycles. The third-order valence-electron chi connectivity index (χ3n) is 4.80. The highest BCUT2D eigenvalue weighted by molar-refractivity contribution is 6.01. The van der Waals surface area contributed by atoms with E-state index in [1.807, 2.05) is 11.9 Å². The lowest BCUT2D eigenvalue weighted by Gasteiger charge is -2.32. The summed E-state index contributed by atoms with van der Waals surface area (Å²) in [6.45, 7) is 4.73. The van der Waals surface area contributed by atoms with Gasteiger partial charge in [0.1, 0.15) is 0 Å².